The SMILES string of the molecule is CC1CN(C(=O)OC(C)(C)C)CCN1c1nc(OC[C@@H]2CCCN2C)nc(C(=O)Nc2cccc3cccc(Cl)c23)c1N. The zero-order chi connectivity index (χ0) is 30.9. The van der Waals surface area contributed by atoms with Crippen LogP contribution in [-0.4, -0.2) is 89.3 Å². The van der Waals surface area contributed by atoms with Crippen molar-refractivity contribution < 1.29 is 19.1 Å². The predicted octanol–water partition coefficient (Wildman–Crippen LogP) is 5.04. The summed E-state index contributed by atoms with van der Waals surface area (Å²) in [5.74, 6) is -0.112. The maximum Gasteiger partial charge on any atom is 0.410 e. The number of nitrogen functional groups attached to an aromatic ring is 1. The number of anilines is 3. The average Bonchev–Trinajstić information content (AvgIpc) is 3.36. The van der Waals surface area contributed by atoms with Crippen LogP contribution in [0.1, 0.15) is 51.0 Å². The third-order valence-corrected chi connectivity index (χ3v) is 8.16. The number of nitrogens with one attached hydrogen (secondary N) is 1. The zero-order valence-corrected chi connectivity index (χ0v) is 26.1. The highest BCUT2D eigenvalue weighted by molar-refractivity contribution is 6.37. The summed E-state index contributed by atoms with van der Waals surface area (Å²) in [6.45, 7) is 10.1. The van der Waals surface area contributed by atoms with Gasteiger partial charge < -0.3 is 35.2 Å². The molecule has 2 aliphatic rings. The number of likely N-dealkylation sites (tertiary alicyclic amines) is 1. The van der Waals surface area contributed by atoms with E-state index in [1.165, 1.54) is 0 Å². The molecule has 2 aliphatic heterocycles. The van der Waals surface area contributed by atoms with Gasteiger partial charge in [-0.05, 0) is 71.6 Å². The summed E-state index contributed by atoms with van der Waals surface area (Å²) >= 11 is 6.51. The Labute approximate surface area is 257 Å². The number of fused-ring (bicyclic) bond motifs is 1. The first-order valence-electron chi connectivity index (χ1n) is 14.6. The van der Waals surface area contributed by atoms with Gasteiger partial charge in [0.2, 0.25) is 0 Å². The molecule has 0 bridgehead atoms. The molecule has 2 amide bonds. The number of amides is 2. The van der Waals surface area contributed by atoms with E-state index in [0.717, 1.165) is 30.2 Å². The number of rotatable bonds is 6. The van der Waals surface area contributed by atoms with Crippen LogP contribution in [-0.2, 0) is 4.74 Å². The molecule has 3 aromatic rings. The van der Waals surface area contributed by atoms with Gasteiger partial charge in [0, 0.05) is 37.1 Å². The quantitative estimate of drug-likeness (QED) is 0.395. The Morgan fingerprint density at radius 3 is 2.53 bits per heavy atom. The van der Waals surface area contributed by atoms with Gasteiger partial charge in [-0.25, -0.2) is 4.79 Å². The van der Waals surface area contributed by atoms with E-state index in [-0.39, 0.29) is 35.6 Å². The highest BCUT2D eigenvalue weighted by Gasteiger charge is 2.33. The van der Waals surface area contributed by atoms with Crippen molar-refractivity contribution in [3.05, 3.63) is 47.1 Å². The van der Waals surface area contributed by atoms with Crippen molar-refractivity contribution in [3.63, 3.8) is 0 Å². The molecule has 2 atom stereocenters. The van der Waals surface area contributed by atoms with E-state index in [1.807, 2.05) is 56.9 Å². The molecule has 1 unspecified atom stereocenters. The minimum absolute atomic E-state index is 0.00519. The second-order valence-electron chi connectivity index (χ2n) is 12.2. The fourth-order valence-corrected chi connectivity index (χ4v) is 5.88. The standard InChI is InChI=1S/C31H40ClN7O4/c1-19-17-38(30(41)43-31(2,3)4)15-16-39(19)27-25(33)26(35-29(36-27)42-18-21-11-8-14-37(21)5)28(40)34-23-13-7-10-20-9-6-12-22(32)24(20)23/h6-7,9-10,12-13,19,21H,8,11,14-18,33H2,1-5H3,(H,34,40)/t19?,21-/m0/s1. The van der Waals surface area contributed by atoms with E-state index < -0.39 is 11.5 Å². The molecule has 2 saturated heterocycles. The number of likely N-dealkylation sites (N-methyl/N-ethyl adjacent to an activating group) is 1. The molecule has 3 N–H and O–H groups in total. The average molecular weight is 610 g/mol. The molecule has 1 aromatic heterocycles. The Hall–Kier alpha value is -3.83. The van der Waals surface area contributed by atoms with E-state index in [4.69, 9.17) is 26.8 Å². The number of halogens is 1. The first-order chi connectivity index (χ1) is 20.4. The lowest BCUT2D eigenvalue weighted by atomic mass is 10.1. The molecule has 2 fully saturated rings. The van der Waals surface area contributed by atoms with Crippen LogP contribution < -0.4 is 20.7 Å². The normalized spacial score (nSPS) is 19.5. The summed E-state index contributed by atoms with van der Waals surface area (Å²) in [4.78, 5) is 41.6. The number of carbonyl (C=O) groups excluding carboxylic acids is 2. The molecule has 2 aromatic carbocycles. The fraction of sp³-hybridized carbons (Fsp3) is 0.484. The molecule has 230 valence electrons. The van der Waals surface area contributed by atoms with Crippen LogP contribution >= 0.6 is 11.6 Å². The molecular weight excluding hydrogens is 570 g/mol. The minimum atomic E-state index is -0.593. The summed E-state index contributed by atoms with van der Waals surface area (Å²) in [7, 11) is 2.07. The number of nitrogens with two attached hydrogens (primary N) is 1. The van der Waals surface area contributed by atoms with Gasteiger partial charge in [0.15, 0.2) is 11.5 Å². The molecule has 3 heterocycles. The molecule has 0 spiro atoms. The monoisotopic (exact) mass is 609 g/mol. The maximum atomic E-state index is 13.8. The molecule has 0 radical (unpaired) electrons. The van der Waals surface area contributed by atoms with Crippen molar-refractivity contribution >= 4 is 51.6 Å². The Morgan fingerprint density at radius 2 is 1.86 bits per heavy atom. The molecular formula is C31H40ClN7O4. The van der Waals surface area contributed by atoms with Gasteiger partial charge in [-0.3, -0.25) is 4.79 Å². The van der Waals surface area contributed by atoms with Crippen molar-refractivity contribution in [2.75, 3.05) is 55.8 Å². The summed E-state index contributed by atoms with van der Waals surface area (Å²) in [5, 5.41) is 5.09. The zero-order valence-electron chi connectivity index (χ0n) is 25.4. The second-order valence-corrected chi connectivity index (χ2v) is 12.7. The van der Waals surface area contributed by atoms with E-state index in [0.29, 0.717) is 42.8 Å². The maximum absolute atomic E-state index is 13.8. The number of hydrogen-bond acceptors (Lipinski definition) is 9. The van der Waals surface area contributed by atoms with Crippen molar-refractivity contribution in [1.82, 2.24) is 19.8 Å². The lowest BCUT2D eigenvalue weighted by Gasteiger charge is -2.41. The van der Waals surface area contributed by atoms with Crippen molar-refractivity contribution in [3.8, 4) is 6.01 Å². The number of piperazine rings is 1. The Morgan fingerprint density at radius 1 is 1.12 bits per heavy atom. The van der Waals surface area contributed by atoms with Crippen LogP contribution in [0.2, 0.25) is 5.02 Å². The molecule has 0 saturated carbocycles. The largest absolute Gasteiger partial charge is 0.462 e. The van der Waals surface area contributed by atoms with Gasteiger partial charge in [-0.2, -0.15) is 9.97 Å². The molecule has 0 aliphatic carbocycles. The molecule has 12 heteroatoms. The van der Waals surface area contributed by atoms with E-state index in [9.17, 15) is 9.59 Å². The van der Waals surface area contributed by atoms with E-state index in [2.05, 4.69) is 27.2 Å². The first-order valence-corrected chi connectivity index (χ1v) is 15.0. The lowest BCUT2D eigenvalue weighted by molar-refractivity contribution is 0.0218. The third kappa shape index (κ3) is 6.88. The van der Waals surface area contributed by atoms with Crippen LogP contribution in [0.3, 0.4) is 0 Å². The summed E-state index contributed by atoms with van der Waals surface area (Å²) < 4.78 is 11.7. The Kier molecular flexibility index (Phi) is 8.84. The number of ether oxygens (including phenoxy) is 2. The number of carbonyl (C=O) groups is 2. The van der Waals surface area contributed by atoms with Gasteiger partial charge in [-0.1, -0.05) is 35.9 Å². The van der Waals surface area contributed by atoms with E-state index in [1.54, 1.807) is 17.0 Å². The summed E-state index contributed by atoms with van der Waals surface area (Å²) in [6, 6.07) is 11.3. The predicted molar refractivity (Wildman–Crippen MR) is 169 cm³/mol. The summed E-state index contributed by atoms with van der Waals surface area (Å²) in [5.41, 5.74) is 6.73. The van der Waals surface area contributed by atoms with Gasteiger partial charge in [-0.15, -0.1) is 0 Å². The van der Waals surface area contributed by atoms with Crippen LogP contribution in [0.15, 0.2) is 36.4 Å². The van der Waals surface area contributed by atoms with Crippen molar-refractivity contribution in [1.29, 1.82) is 0 Å². The van der Waals surface area contributed by atoms with Gasteiger partial charge >= 0.3 is 12.1 Å². The fourth-order valence-electron chi connectivity index (χ4n) is 5.60. The van der Waals surface area contributed by atoms with Crippen LogP contribution in [0, 0.1) is 0 Å². The first kappa shape index (κ1) is 30.6. The molecule has 5 rings (SSSR count). The number of aromatic nitrogens is 2. The van der Waals surface area contributed by atoms with Gasteiger partial charge in [0.1, 0.15) is 17.9 Å². The highest BCUT2D eigenvalue weighted by atomic mass is 35.5. The number of hydrogen-bond donors (Lipinski definition) is 2. The van der Waals surface area contributed by atoms with Gasteiger partial charge in [0.05, 0.1) is 10.7 Å². The van der Waals surface area contributed by atoms with Gasteiger partial charge in [0.25, 0.3) is 5.91 Å². The third-order valence-electron chi connectivity index (χ3n) is 7.85. The highest BCUT2D eigenvalue weighted by Crippen LogP contribution is 2.33. The Balaban J connectivity index is 1.44. The molecule has 43 heavy (non-hydrogen) atoms. The minimum Gasteiger partial charge on any atom is -0.462 e. The topological polar surface area (TPSA) is 126 Å². The molecule has 11 nitrogen and oxygen atoms in total. The van der Waals surface area contributed by atoms with Crippen molar-refractivity contribution in [2.45, 2.75) is 58.2 Å². The van der Waals surface area contributed by atoms with Crippen LogP contribution in [0.5, 0.6) is 6.01 Å². The second kappa shape index (κ2) is 12.4. The number of benzene rings is 2. The van der Waals surface area contributed by atoms with E-state index >= 15 is 0 Å². The smallest absolute Gasteiger partial charge is 0.410 e. The number of nitrogens with zero attached hydrogens (tertiary/aromatic N) is 5. The summed E-state index contributed by atoms with van der Waals surface area (Å²) in [6.07, 6.45) is 1.74. The Bertz CT molecular complexity index is 1510. The lowest BCUT2D eigenvalue weighted by Crippen LogP contribution is -2.55. The van der Waals surface area contributed by atoms with Crippen molar-refractivity contribution in [2.24, 2.45) is 0 Å². The van der Waals surface area contributed by atoms with Crippen LogP contribution in [0.4, 0.5) is 22.0 Å². The van der Waals surface area contributed by atoms with Crippen LogP contribution in [0.25, 0.3) is 10.8 Å².